The van der Waals surface area contributed by atoms with Crippen molar-refractivity contribution in [1.29, 1.82) is 0 Å². The number of anilines is 2. The number of carboxylic acid groups (broad SMARTS) is 2. The number of carbonyl (C=O) groups is 3. The average molecular weight is 1060 g/mol. The molecule has 0 aliphatic heterocycles. The molecule has 0 fully saturated rings. The van der Waals surface area contributed by atoms with Crippen LogP contribution in [-0.2, 0) is 4.74 Å². The van der Waals surface area contributed by atoms with Crippen molar-refractivity contribution in [2.75, 3.05) is 23.8 Å². The second kappa shape index (κ2) is 31.6. The van der Waals surface area contributed by atoms with E-state index in [1.807, 2.05) is 158 Å². The fourth-order valence-electron chi connectivity index (χ4n) is 9.12. The highest BCUT2D eigenvalue weighted by Gasteiger charge is 2.22. The highest BCUT2D eigenvalue weighted by molar-refractivity contribution is 6.08. The van der Waals surface area contributed by atoms with Gasteiger partial charge in [-0.2, -0.15) is 0 Å². The lowest BCUT2D eigenvalue weighted by Gasteiger charge is -2.25. The molecule has 10 nitrogen and oxygen atoms in total. The van der Waals surface area contributed by atoms with Gasteiger partial charge in [0.05, 0.1) is 36.4 Å². The number of para-hydroxylation sites is 2. The molecule has 0 spiro atoms. The van der Waals surface area contributed by atoms with Crippen LogP contribution in [0.15, 0.2) is 217 Å². The summed E-state index contributed by atoms with van der Waals surface area (Å²) in [5, 5.41) is 26.7. The number of nitrogens with one attached hydrogen (secondary N) is 2. The molecule has 6 aromatic carbocycles. The molecule has 0 saturated carbocycles. The number of benzene rings is 6. The van der Waals surface area contributed by atoms with E-state index in [4.69, 9.17) is 14.2 Å². The SMILES string of the molecule is CCCCCCCCOc1ccc(C=C2C=C(OC3=CC(=Cc4ccc(OCCCCCCCC)cc4)C(Nc4ccccc4C(=O)O)C=C3)C=CC2Nc2ccccc2C(=O)O)cc1.O=C(c1ccccc1)c1ccccc1. The first-order valence-corrected chi connectivity index (χ1v) is 27.9. The molecule has 2 aliphatic rings. The van der Waals surface area contributed by atoms with E-state index in [0.717, 1.165) is 57.7 Å². The molecule has 8 rings (SSSR count). The first kappa shape index (κ1) is 58.1. The number of carbonyl (C=O) groups excluding carboxylic acids is 1. The molecule has 4 N–H and O–H groups in total. The van der Waals surface area contributed by atoms with E-state index in [-0.39, 0.29) is 29.0 Å². The Bertz CT molecular complexity index is 2870. The Hall–Kier alpha value is -8.63. The van der Waals surface area contributed by atoms with Crippen LogP contribution in [-0.4, -0.2) is 53.2 Å². The first-order valence-electron chi connectivity index (χ1n) is 27.9. The van der Waals surface area contributed by atoms with Gasteiger partial charge in [0.1, 0.15) is 23.0 Å². The first-order chi connectivity index (χ1) is 38.7. The lowest BCUT2D eigenvalue weighted by molar-refractivity contribution is 0.0687. The van der Waals surface area contributed by atoms with E-state index in [1.54, 1.807) is 36.4 Å². The number of carboxylic acids is 2. The monoisotopic (exact) mass is 1060 g/mol. The number of ketones is 1. The lowest BCUT2D eigenvalue weighted by Crippen LogP contribution is -2.23. The van der Waals surface area contributed by atoms with Crippen molar-refractivity contribution in [1.82, 2.24) is 0 Å². The maximum atomic E-state index is 12.1. The summed E-state index contributed by atoms with van der Waals surface area (Å²) in [5.41, 5.74) is 6.47. The Morgan fingerprint density at radius 1 is 0.456 bits per heavy atom. The fourth-order valence-corrected chi connectivity index (χ4v) is 9.12. The molecule has 2 atom stereocenters. The molecule has 6 aromatic rings. The summed E-state index contributed by atoms with van der Waals surface area (Å²) in [6, 6.07) is 47.6. The van der Waals surface area contributed by atoms with Crippen molar-refractivity contribution in [3.05, 3.63) is 250 Å². The molecule has 0 radical (unpaired) electrons. The summed E-state index contributed by atoms with van der Waals surface area (Å²) in [4.78, 5) is 36.1. The van der Waals surface area contributed by atoms with Gasteiger partial charge in [0, 0.05) is 22.5 Å². The van der Waals surface area contributed by atoms with Crippen LogP contribution in [0.2, 0.25) is 0 Å². The summed E-state index contributed by atoms with van der Waals surface area (Å²) in [7, 11) is 0. The third-order valence-corrected chi connectivity index (χ3v) is 13.4. The minimum absolute atomic E-state index is 0.0752. The Morgan fingerprint density at radius 3 is 1.22 bits per heavy atom. The molecule has 0 saturated heterocycles. The lowest BCUT2D eigenvalue weighted by atomic mass is 9.96. The van der Waals surface area contributed by atoms with Crippen LogP contribution in [0.5, 0.6) is 11.5 Å². The van der Waals surface area contributed by atoms with E-state index in [0.29, 0.717) is 36.1 Å². The zero-order valence-electron chi connectivity index (χ0n) is 45.5. The standard InChI is InChI=1S/C56H64N2O7.C13H10O/c1-3-5-7-9-11-17-35-63-45-27-23-41(24-28-45)37-43-39-47(31-33-51(43)57-53-21-15-13-19-49(53)55(59)60)65-48-32-34-52(58-54-22-16-14-20-50(54)56(61)62)44(40-48)38-42-25-29-46(30-26-42)64-36-18-12-10-8-6-4-2;14-13(11-7-3-1-4-8-11)12-9-5-2-6-10-12/h13-16,19-34,37-40,51-52,57-58H,3-12,17-18,35-36H2,1-2H3,(H,59,60)(H,61,62);1-10H. The van der Waals surface area contributed by atoms with E-state index in [2.05, 4.69) is 36.6 Å². The van der Waals surface area contributed by atoms with Crippen molar-refractivity contribution in [3.8, 4) is 11.5 Å². The predicted molar refractivity (Wildman–Crippen MR) is 320 cm³/mol. The molecule has 2 aliphatic carbocycles. The minimum atomic E-state index is -1.01. The van der Waals surface area contributed by atoms with Crippen LogP contribution < -0.4 is 20.1 Å². The summed E-state index contributed by atoms with van der Waals surface area (Å²) in [5.74, 6) is 0.865. The van der Waals surface area contributed by atoms with Crippen LogP contribution in [0, 0.1) is 0 Å². The third kappa shape index (κ3) is 18.8. The van der Waals surface area contributed by atoms with E-state index in [9.17, 15) is 24.6 Å². The topological polar surface area (TPSA) is 143 Å². The van der Waals surface area contributed by atoms with Gasteiger partial charge in [-0.15, -0.1) is 0 Å². The number of rotatable bonds is 28. The number of hydrogen-bond donors (Lipinski definition) is 4. The van der Waals surface area contributed by atoms with Gasteiger partial charge in [-0.05, 0) is 120 Å². The van der Waals surface area contributed by atoms with E-state index < -0.39 is 11.9 Å². The maximum absolute atomic E-state index is 12.1. The molecule has 0 bridgehead atoms. The van der Waals surface area contributed by atoms with Crippen LogP contribution in [0.4, 0.5) is 11.4 Å². The van der Waals surface area contributed by atoms with Gasteiger partial charge in [-0.3, -0.25) is 4.79 Å². The zero-order valence-corrected chi connectivity index (χ0v) is 45.5. The smallest absolute Gasteiger partial charge is 0.337 e. The second-order valence-electron chi connectivity index (χ2n) is 19.6. The van der Waals surface area contributed by atoms with E-state index >= 15 is 0 Å². The van der Waals surface area contributed by atoms with Gasteiger partial charge in [-0.25, -0.2) is 9.59 Å². The van der Waals surface area contributed by atoms with Crippen LogP contribution in [0.3, 0.4) is 0 Å². The molecule has 2 unspecified atom stereocenters. The molecule has 10 heteroatoms. The Balaban J connectivity index is 0.000000556. The maximum Gasteiger partial charge on any atom is 0.337 e. The van der Waals surface area contributed by atoms with Crippen LogP contribution >= 0.6 is 0 Å². The summed E-state index contributed by atoms with van der Waals surface area (Å²) in [6.45, 7) is 5.82. The molecule has 408 valence electrons. The van der Waals surface area contributed by atoms with Crippen molar-refractivity contribution in [3.63, 3.8) is 0 Å². The number of ether oxygens (including phenoxy) is 3. The van der Waals surface area contributed by atoms with Gasteiger partial charge >= 0.3 is 11.9 Å². The van der Waals surface area contributed by atoms with Crippen molar-refractivity contribution < 1.29 is 38.8 Å². The number of hydrogen-bond acceptors (Lipinski definition) is 8. The van der Waals surface area contributed by atoms with Gasteiger partial charge in [0.15, 0.2) is 5.78 Å². The van der Waals surface area contributed by atoms with Gasteiger partial charge in [-0.1, -0.05) is 199 Å². The molecule has 0 aromatic heterocycles. The van der Waals surface area contributed by atoms with Crippen LogP contribution in [0.1, 0.15) is 139 Å². The van der Waals surface area contributed by atoms with Crippen molar-refractivity contribution in [2.24, 2.45) is 0 Å². The second-order valence-corrected chi connectivity index (χ2v) is 19.6. The quantitative estimate of drug-likeness (QED) is 0.0277. The molecular weight excluding hydrogens is 985 g/mol. The highest BCUT2D eigenvalue weighted by atomic mass is 16.5. The molecular formula is C69H74N2O8. The fraction of sp³-hybridized carbons (Fsp3) is 0.261. The Kier molecular flexibility index (Phi) is 23.2. The van der Waals surface area contributed by atoms with Crippen molar-refractivity contribution in [2.45, 2.75) is 103 Å². The Labute approximate surface area is 466 Å². The zero-order chi connectivity index (χ0) is 55.4. The van der Waals surface area contributed by atoms with Gasteiger partial charge in [0.2, 0.25) is 0 Å². The molecule has 0 amide bonds. The average Bonchev–Trinajstić information content (AvgIpc) is 3.50. The van der Waals surface area contributed by atoms with Crippen LogP contribution in [0.25, 0.3) is 12.2 Å². The summed E-state index contributed by atoms with van der Waals surface area (Å²) in [6.07, 6.45) is 30.2. The number of unbranched alkanes of at least 4 members (excludes halogenated alkanes) is 10. The minimum Gasteiger partial charge on any atom is -0.494 e. The summed E-state index contributed by atoms with van der Waals surface area (Å²) < 4.78 is 18.7. The predicted octanol–water partition coefficient (Wildman–Crippen LogP) is 16.8. The largest absolute Gasteiger partial charge is 0.494 e. The number of aromatic carboxylic acids is 2. The third-order valence-electron chi connectivity index (χ3n) is 13.4. The van der Waals surface area contributed by atoms with Gasteiger partial charge < -0.3 is 35.1 Å². The Morgan fingerprint density at radius 2 is 0.823 bits per heavy atom. The molecule has 79 heavy (non-hydrogen) atoms. The van der Waals surface area contributed by atoms with E-state index in [1.165, 1.54) is 64.2 Å². The normalized spacial score (nSPS) is 15.5. The molecule has 0 heterocycles. The summed E-state index contributed by atoms with van der Waals surface area (Å²) >= 11 is 0. The van der Waals surface area contributed by atoms with Crippen molar-refractivity contribution >= 4 is 41.2 Å². The highest BCUT2D eigenvalue weighted by Crippen LogP contribution is 2.31. The van der Waals surface area contributed by atoms with Gasteiger partial charge in [0.25, 0.3) is 0 Å². The number of allylic oxidation sites excluding steroid dienone is 2.